The molecule has 1 atom stereocenters. The molecule has 1 N–H and O–H groups in total. The van der Waals surface area contributed by atoms with Crippen molar-refractivity contribution in [3.8, 4) is 0 Å². The van der Waals surface area contributed by atoms with Crippen molar-refractivity contribution in [2.24, 2.45) is 0 Å². The van der Waals surface area contributed by atoms with Crippen LogP contribution in [-0.4, -0.2) is 5.11 Å². The molecule has 96 valence electrons. The molecule has 0 aliphatic carbocycles. The van der Waals surface area contributed by atoms with Gasteiger partial charge in [-0.1, -0.05) is 23.2 Å². The molecule has 2 rings (SSSR count). The Morgan fingerprint density at radius 1 is 1.17 bits per heavy atom. The molecular weight excluding hydrogens is 301 g/mol. The van der Waals surface area contributed by atoms with E-state index in [1.807, 2.05) is 0 Å². The zero-order valence-electron chi connectivity index (χ0n) is 9.18. The van der Waals surface area contributed by atoms with Crippen LogP contribution in [0.1, 0.15) is 22.1 Å². The Morgan fingerprint density at radius 3 is 2.39 bits per heavy atom. The standard InChI is InChI=1S/C12H8Cl2F2OS/c1-5-2-10(18-12(5)14)11(17)6-3-9(16)7(13)4-8(6)15/h2-4,11,17H,1H3. The van der Waals surface area contributed by atoms with Gasteiger partial charge in [0.05, 0.1) is 9.36 Å². The molecule has 0 aliphatic heterocycles. The molecule has 0 fully saturated rings. The molecule has 0 amide bonds. The molecule has 0 saturated heterocycles. The molecule has 18 heavy (non-hydrogen) atoms. The number of hydrogen-bond acceptors (Lipinski definition) is 2. The Kier molecular flexibility index (Phi) is 3.92. The Hall–Kier alpha value is -0.680. The highest BCUT2D eigenvalue weighted by Gasteiger charge is 2.20. The minimum atomic E-state index is -1.26. The molecule has 1 nitrogen and oxygen atoms in total. The first-order valence-corrected chi connectivity index (χ1v) is 6.55. The molecule has 1 aromatic carbocycles. The smallest absolute Gasteiger partial charge is 0.142 e. The second-order valence-electron chi connectivity index (χ2n) is 3.80. The van der Waals surface area contributed by atoms with E-state index in [4.69, 9.17) is 23.2 Å². The van der Waals surface area contributed by atoms with E-state index in [1.165, 1.54) is 0 Å². The number of hydrogen-bond donors (Lipinski definition) is 1. The van der Waals surface area contributed by atoms with Gasteiger partial charge in [0.2, 0.25) is 0 Å². The van der Waals surface area contributed by atoms with Gasteiger partial charge in [0.1, 0.15) is 17.7 Å². The Morgan fingerprint density at radius 2 is 1.83 bits per heavy atom. The quantitative estimate of drug-likeness (QED) is 0.796. The average Bonchev–Trinajstić information content (AvgIpc) is 2.63. The molecule has 2 aromatic rings. The lowest BCUT2D eigenvalue weighted by molar-refractivity contribution is 0.218. The summed E-state index contributed by atoms with van der Waals surface area (Å²) >= 11 is 12.5. The van der Waals surface area contributed by atoms with E-state index in [2.05, 4.69) is 0 Å². The number of aryl methyl sites for hydroxylation is 1. The van der Waals surface area contributed by atoms with Crippen molar-refractivity contribution in [3.63, 3.8) is 0 Å². The van der Waals surface area contributed by atoms with Crippen LogP contribution in [0.25, 0.3) is 0 Å². The summed E-state index contributed by atoms with van der Waals surface area (Å²) in [5.41, 5.74) is 0.625. The maximum Gasteiger partial charge on any atom is 0.142 e. The van der Waals surface area contributed by atoms with E-state index in [0.717, 1.165) is 29.0 Å². The second kappa shape index (κ2) is 5.13. The van der Waals surface area contributed by atoms with Gasteiger partial charge >= 0.3 is 0 Å². The summed E-state index contributed by atoms with van der Waals surface area (Å²) in [5, 5.41) is 9.71. The number of rotatable bonds is 2. The molecule has 1 heterocycles. The predicted octanol–water partition coefficient (Wildman–Crippen LogP) is 4.72. The molecule has 0 spiro atoms. The second-order valence-corrected chi connectivity index (χ2v) is 5.89. The van der Waals surface area contributed by atoms with Gasteiger partial charge < -0.3 is 5.11 Å². The van der Waals surface area contributed by atoms with Gasteiger partial charge in [-0.25, -0.2) is 8.78 Å². The number of aliphatic hydroxyl groups is 1. The van der Waals surface area contributed by atoms with Crippen LogP contribution in [0.4, 0.5) is 8.78 Å². The van der Waals surface area contributed by atoms with Gasteiger partial charge in [-0.2, -0.15) is 0 Å². The maximum atomic E-state index is 13.6. The van der Waals surface area contributed by atoms with Crippen molar-refractivity contribution in [1.82, 2.24) is 0 Å². The fourth-order valence-electron chi connectivity index (χ4n) is 1.52. The van der Waals surface area contributed by atoms with Crippen LogP contribution in [0, 0.1) is 18.6 Å². The Balaban J connectivity index is 2.45. The van der Waals surface area contributed by atoms with Gasteiger partial charge in [-0.15, -0.1) is 11.3 Å². The van der Waals surface area contributed by atoms with E-state index in [-0.39, 0.29) is 10.6 Å². The van der Waals surface area contributed by atoms with E-state index in [0.29, 0.717) is 9.21 Å². The summed E-state index contributed by atoms with van der Waals surface area (Å²) in [6.07, 6.45) is -1.26. The lowest BCUT2D eigenvalue weighted by Crippen LogP contribution is -2.02. The first kappa shape index (κ1) is 13.7. The summed E-state index contributed by atoms with van der Waals surface area (Å²) in [6, 6.07) is 3.38. The van der Waals surface area contributed by atoms with Crippen molar-refractivity contribution < 1.29 is 13.9 Å². The van der Waals surface area contributed by atoms with Gasteiger partial charge in [0, 0.05) is 10.4 Å². The van der Waals surface area contributed by atoms with Crippen LogP contribution in [0.2, 0.25) is 9.36 Å². The summed E-state index contributed by atoms with van der Waals surface area (Å²) in [6.45, 7) is 1.77. The van der Waals surface area contributed by atoms with Gasteiger partial charge in [-0.05, 0) is 30.7 Å². The van der Waals surface area contributed by atoms with Gasteiger partial charge in [-0.3, -0.25) is 0 Å². The molecular formula is C12H8Cl2F2OS. The van der Waals surface area contributed by atoms with Crippen LogP contribution >= 0.6 is 34.5 Å². The molecule has 0 bridgehead atoms. The highest BCUT2D eigenvalue weighted by atomic mass is 35.5. The lowest BCUT2D eigenvalue weighted by atomic mass is 10.1. The third kappa shape index (κ3) is 2.52. The molecule has 1 unspecified atom stereocenters. The van der Waals surface area contributed by atoms with Crippen LogP contribution < -0.4 is 0 Å². The van der Waals surface area contributed by atoms with Crippen molar-refractivity contribution in [3.05, 3.63) is 55.2 Å². The first-order chi connectivity index (χ1) is 8.40. The zero-order valence-corrected chi connectivity index (χ0v) is 11.5. The lowest BCUT2D eigenvalue weighted by Gasteiger charge is -2.10. The van der Waals surface area contributed by atoms with Crippen LogP contribution in [0.3, 0.4) is 0 Å². The predicted molar refractivity (Wildman–Crippen MR) is 69.5 cm³/mol. The third-order valence-corrected chi connectivity index (χ3v) is 4.38. The Bertz CT molecular complexity index is 579. The molecule has 6 heteroatoms. The van der Waals surface area contributed by atoms with Crippen LogP contribution in [0.15, 0.2) is 18.2 Å². The van der Waals surface area contributed by atoms with E-state index < -0.39 is 17.7 Å². The van der Waals surface area contributed by atoms with Crippen LogP contribution in [-0.2, 0) is 0 Å². The van der Waals surface area contributed by atoms with E-state index in [1.54, 1.807) is 13.0 Å². The third-order valence-electron chi connectivity index (χ3n) is 2.48. The summed E-state index contributed by atoms with van der Waals surface area (Å²) < 4.78 is 27.4. The SMILES string of the molecule is Cc1cc(C(O)c2cc(F)c(Cl)cc2F)sc1Cl. The average molecular weight is 309 g/mol. The normalized spacial score (nSPS) is 12.8. The maximum absolute atomic E-state index is 13.6. The van der Waals surface area contributed by atoms with Crippen molar-refractivity contribution in [1.29, 1.82) is 0 Å². The fourth-order valence-corrected chi connectivity index (χ4v) is 2.89. The van der Waals surface area contributed by atoms with Gasteiger partial charge in [0.25, 0.3) is 0 Å². The number of halogens is 4. The van der Waals surface area contributed by atoms with Crippen molar-refractivity contribution in [2.45, 2.75) is 13.0 Å². The molecule has 1 aromatic heterocycles. The molecule has 0 saturated carbocycles. The number of thiophene rings is 1. The number of aliphatic hydroxyl groups excluding tert-OH is 1. The van der Waals surface area contributed by atoms with Crippen LogP contribution in [0.5, 0.6) is 0 Å². The number of benzene rings is 1. The Labute approximate surface area is 117 Å². The highest BCUT2D eigenvalue weighted by molar-refractivity contribution is 7.16. The largest absolute Gasteiger partial charge is 0.383 e. The summed E-state index contributed by atoms with van der Waals surface area (Å²) in [4.78, 5) is 0.457. The zero-order chi connectivity index (χ0) is 13.4. The summed E-state index contributed by atoms with van der Waals surface area (Å²) in [7, 11) is 0. The molecule has 0 aliphatic rings. The monoisotopic (exact) mass is 308 g/mol. The van der Waals surface area contributed by atoms with E-state index in [9.17, 15) is 13.9 Å². The highest BCUT2D eigenvalue weighted by Crippen LogP contribution is 2.35. The van der Waals surface area contributed by atoms with Crippen molar-refractivity contribution >= 4 is 34.5 Å². The van der Waals surface area contributed by atoms with Crippen molar-refractivity contribution in [2.75, 3.05) is 0 Å². The molecule has 0 radical (unpaired) electrons. The minimum absolute atomic E-state index is 0.158. The first-order valence-electron chi connectivity index (χ1n) is 4.98. The van der Waals surface area contributed by atoms with Gasteiger partial charge in [0.15, 0.2) is 0 Å². The fraction of sp³-hybridized carbons (Fsp3) is 0.167. The summed E-state index contributed by atoms with van der Waals surface area (Å²) in [5.74, 6) is -1.53. The minimum Gasteiger partial charge on any atom is -0.383 e. The topological polar surface area (TPSA) is 20.2 Å². The van der Waals surface area contributed by atoms with E-state index >= 15 is 0 Å².